The van der Waals surface area contributed by atoms with E-state index < -0.39 is 0 Å². The van der Waals surface area contributed by atoms with Crippen molar-refractivity contribution in [3.63, 3.8) is 0 Å². The molecule has 0 unspecified atom stereocenters. The van der Waals surface area contributed by atoms with Crippen LogP contribution < -0.4 is 5.73 Å². The molecule has 0 radical (unpaired) electrons. The minimum atomic E-state index is 0.744. The number of hydrogen-bond acceptors (Lipinski definition) is 3. The standard InChI is InChI=1S/C9H11N3S/c1-6-3-4-13-9(6)8-7(10)5-11-12(8)2/h3-5H,10H2,1-2H3. The molecule has 0 spiro atoms. The number of anilines is 1. The number of hydrogen-bond donors (Lipinski definition) is 1. The van der Waals surface area contributed by atoms with E-state index in [9.17, 15) is 0 Å². The summed E-state index contributed by atoms with van der Waals surface area (Å²) in [5, 5.41) is 6.18. The van der Waals surface area contributed by atoms with Gasteiger partial charge in [0.25, 0.3) is 0 Å². The fourth-order valence-electron chi connectivity index (χ4n) is 1.35. The summed E-state index contributed by atoms with van der Waals surface area (Å²) in [5.74, 6) is 0. The largest absolute Gasteiger partial charge is 0.396 e. The zero-order chi connectivity index (χ0) is 9.42. The van der Waals surface area contributed by atoms with E-state index in [1.54, 1.807) is 17.5 Å². The van der Waals surface area contributed by atoms with Crippen LogP contribution in [0.25, 0.3) is 10.6 Å². The molecule has 2 aromatic heterocycles. The molecule has 0 aliphatic rings. The second kappa shape index (κ2) is 2.88. The molecular formula is C9H11N3S. The van der Waals surface area contributed by atoms with E-state index in [-0.39, 0.29) is 0 Å². The van der Waals surface area contributed by atoms with Gasteiger partial charge in [-0.3, -0.25) is 4.68 Å². The highest BCUT2D eigenvalue weighted by molar-refractivity contribution is 7.13. The highest BCUT2D eigenvalue weighted by atomic mass is 32.1. The van der Waals surface area contributed by atoms with Crippen LogP contribution in [0.2, 0.25) is 0 Å². The highest BCUT2D eigenvalue weighted by Crippen LogP contribution is 2.32. The fourth-order valence-corrected chi connectivity index (χ4v) is 2.37. The van der Waals surface area contributed by atoms with E-state index in [0.717, 1.165) is 11.4 Å². The van der Waals surface area contributed by atoms with E-state index in [1.165, 1.54) is 10.4 Å². The van der Waals surface area contributed by atoms with E-state index in [2.05, 4.69) is 23.5 Å². The van der Waals surface area contributed by atoms with E-state index >= 15 is 0 Å². The minimum absolute atomic E-state index is 0.744. The Bertz CT molecular complexity index is 408. The molecule has 0 fully saturated rings. The summed E-state index contributed by atoms with van der Waals surface area (Å²) in [4.78, 5) is 1.21. The van der Waals surface area contributed by atoms with Gasteiger partial charge in [-0.05, 0) is 23.9 Å². The van der Waals surface area contributed by atoms with Gasteiger partial charge in [-0.25, -0.2) is 0 Å². The smallest absolute Gasteiger partial charge is 0.101 e. The number of nitrogen functional groups attached to an aromatic ring is 1. The molecule has 2 rings (SSSR count). The number of aromatic nitrogens is 2. The molecule has 4 heteroatoms. The van der Waals surface area contributed by atoms with Crippen LogP contribution in [0.5, 0.6) is 0 Å². The lowest BCUT2D eigenvalue weighted by Crippen LogP contribution is -1.95. The van der Waals surface area contributed by atoms with Crippen LogP contribution in [0.4, 0.5) is 5.69 Å². The predicted molar refractivity (Wildman–Crippen MR) is 55.7 cm³/mol. The van der Waals surface area contributed by atoms with Crippen LogP contribution in [0, 0.1) is 6.92 Å². The average molecular weight is 193 g/mol. The normalized spacial score (nSPS) is 10.6. The lowest BCUT2D eigenvalue weighted by atomic mass is 10.2. The van der Waals surface area contributed by atoms with Crippen LogP contribution in [-0.4, -0.2) is 9.78 Å². The quantitative estimate of drug-likeness (QED) is 0.753. The van der Waals surface area contributed by atoms with Crippen molar-refractivity contribution < 1.29 is 0 Å². The lowest BCUT2D eigenvalue weighted by Gasteiger charge is -2.01. The van der Waals surface area contributed by atoms with Crippen LogP contribution >= 0.6 is 11.3 Å². The highest BCUT2D eigenvalue weighted by Gasteiger charge is 2.11. The first-order valence-electron chi connectivity index (χ1n) is 4.02. The van der Waals surface area contributed by atoms with Gasteiger partial charge in [0.15, 0.2) is 0 Å². The van der Waals surface area contributed by atoms with Crippen molar-refractivity contribution in [3.05, 3.63) is 23.2 Å². The van der Waals surface area contributed by atoms with Gasteiger partial charge in [0.05, 0.1) is 16.8 Å². The Kier molecular flexibility index (Phi) is 1.84. The van der Waals surface area contributed by atoms with Crippen molar-refractivity contribution in [1.29, 1.82) is 0 Å². The molecule has 0 aromatic carbocycles. The topological polar surface area (TPSA) is 43.8 Å². The number of nitrogens with two attached hydrogens (primary N) is 1. The van der Waals surface area contributed by atoms with E-state index in [1.807, 2.05) is 11.7 Å². The molecular weight excluding hydrogens is 182 g/mol. The summed E-state index contributed by atoms with van der Waals surface area (Å²) in [5.41, 5.74) is 8.84. The second-order valence-electron chi connectivity index (χ2n) is 3.00. The number of rotatable bonds is 1. The van der Waals surface area contributed by atoms with E-state index in [0.29, 0.717) is 0 Å². The maximum Gasteiger partial charge on any atom is 0.101 e. The van der Waals surface area contributed by atoms with Gasteiger partial charge in [0.1, 0.15) is 5.69 Å². The molecule has 2 aromatic rings. The third-order valence-corrected chi connectivity index (χ3v) is 3.07. The van der Waals surface area contributed by atoms with Gasteiger partial charge in [-0.1, -0.05) is 0 Å². The third kappa shape index (κ3) is 1.23. The molecule has 0 aliphatic carbocycles. The molecule has 2 heterocycles. The molecule has 0 aliphatic heterocycles. The summed E-state index contributed by atoms with van der Waals surface area (Å²) >= 11 is 1.69. The molecule has 0 bridgehead atoms. The first-order valence-corrected chi connectivity index (χ1v) is 4.90. The Balaban J connectivity index is 2.64. The van der Waals surface area contributed by atoms with Crippen molar-refractivity contribution in [2.24, 2.45) is 7.05 Å². The molecule has 13 heavy (non-hydrogen) atoms. The van der Waals surface area contributed by atoms with Gasteiger partial charge in [0.2, 0.25) is 0 Å². The Hall–Kier alpha value is -1.29. The third-order valence-electron chi connectivity index (χ3n) is 2.04. The Morgan fingerprint density at radius 2 is 2.31 bits per heavy atom. The van der Waals surface area contributed by atoms with Crippen LogP contribution in [0.15, 0.2) is 17.6 Å². The van der Waals surface area contributed by atoms with Crippen molar-refractivity contribution in [1.82, 2.24) is 9.78 Å². The first-order chi connectivity index (χ1) is 6.20. The zero-order valence-electron chi connectivity index (χ0n) is 7.61. The number of nitrogens with zero attached hydrogens (tertiary/aromatic N) is 2. The van der Waals surface area contributed by atoms with Crippen LogP contribution in [0.3, 0.4) is 0 Å². The molecule has 2 N–H and O–H groups in total. The summed E-state index contributed by atoms with van der Waals surface area (Å²) < 4.78 is 1.81. The van der Waals surface area contributed by atoms with Crippen LogP contribution in [-0.2, 0) is 7.05 Å². The Labute approximate surface area is 80.8 Å². The van der Waals surface area contributed by atoms with E-state index in [4.69, 9.17) is 5.73 Å². The van der Waals surface area contributed by atoms with Crippen molar-refractivity contribution in [2.75, 3.05) is 5.73 Å². The molecule has 0 amide bonds. The average Bonchev–Trinajstić information content (AvgIpc) is 2.60. The zero-order valence-corrected chi connectivity index (χ0v) is 8.43. The summed E-state index contributed by atoms with van der Waals surface area (Å²) in [6.45, 7) is 2.08. The SMILES string of the molecule is Cc1ccsc1-c1c(N)cnn1C. The number of aryl methyl sites for hydroxylation is 2. The maximum atomic E-state index is 5.82. The minimum Gasteiger partial charge on any atom is -0.396 e. The van der Waals surface area contributed by atoms with Gasteiger partial charge in [-0.2, -0.15) is 5.10 Å². The lowest BCUT2D eigenvalue weighted by molar-refractivity contribution is 0.777. The molecule has 3 nitrogen and oxygen atoms in total. The van der Waals surface area contributed by atoms with Crippen molar-refractivity contribution in [3.8, 4) is 10.6 Å². The van der Waals surface area contributed by atoms with Crippen molar-refractivity contribution >= 4 is 17.0 Å². The summed E-state index contributed by atoms with van der Waals surface area (Å²) in [6.07, 6.45) is 1.69. The number of thiophene rings is 1. The Morgan fingerprint density at radius 3 is 2.77 bits per heavy atom. The predicted octanol–water partition coefficient (Wildman–Crippen LogP) is 2.04. The van der Waals surface area contributed by atoms with Crippen molar-refractivity contribution in [2.45, 2.75) is 6.92 Å². The molecule has 68 valence electrons. The first kappa shape index (κ1) is 8.31. The molecule has 0 saturated carbocycles. The molecule has 0 saturated heterocycles. The Morgan fingerprint density at radius 1 is 1.54 bits per heavy atom. The molecule has 0 atom stereocenters. The van der Waals surface area contributed by atoms with Crippen LogP contribution in [0.1, 0.15) is 5.56 Å². The van der Waals surface area contributed by atoms with Gasteiger partial charge >= 0.3 is 0 Å². The summed E-state index contributed by atoms with van der Waals surface area (Å²) in [6, 6.07) is 2.09. The van der Waals surface area contributed by atoms with Gasteiger partial charge in [-0.15, -0.1) is 11.3 Å². The monoisotopic (exact) mass is 193 g/mol. The second-order valence-corrected chi connectivity index (χ2v) is 3.92. The fraction of sp³-hybridized carbons (Fsp3) is 0.222. The van der Waals surface area contributed by atoms with Gasteiger partial charge in [0, 0.05) is 7.05 Å². The maximum absolute atomic E-state index is 5.82. The van der Waals surface area contributed by atoms with Gasteiger partial charge < -0.3 is 5.73 Å². The summed E-state index contributed by atoms with van der Waals surface area (Å²) in [7, 11) is 1.91.